The van der Waals surface area contributed by atoms with E-state index in [1.807, 2.05) is 6.07 Å². The quantitative estimate of drug-likeness (QED) is 0.871. The summed E-state index contributed by atoms with van der Waals surface area (Å²) in [6.07, 6.45) is 3.72. The van der Waals surface area contributed by atoms with Crippen molar-refractivity contribution in [2.75, 3.05) is 13.1 Å². The molecule has 19 heavy (non-hydrogen) atoms. The molecular formula is C15H25ClN2S. The van der Waals surface area contributed by atoms with Gasteiger partial charge in [0.15, 0.2) is 0 Å². The summed E-state index contributed by atoms with van der Waals surface area (Å²) in [5.74, 6) is 0. The van der Waals surface area contributed by atoms with E-state index in [4.69, 9.17) is 11.6 Å². The number of thiophene rings is 1. The van der Waals surface area contributed by atoms with Gasteiger partial charge in [-0.05, 0) is 31.9 Å². The van der Waals surface area contributed by atoms with Crippen molar-refractivity contribution in [1.29, 1.82) is 0 Å². The second-order valence-electron chi connectivity index (χ2n) is 5.47. The molecule has 0 aromatic carbocycles. The molecule has 4 heteroatoms. The van der Waals surface area contributed by atoms with E-state index >= 15 is 0 Å². The maximum Gasteiger partial charge on any atom is 0.0931 e. The third-order valence-electron chi connectivity index (χ3n) is 4.15. The predicted octanol–water partition coefficient (Wildman–Crippen LogP) is 4.32. The normalized spacial score (nSPS) is 26.5. The van der Waals surface area contributed by atoms with Gasteiger partial charge in [-0.3, -0.25) is 4.90 Å². The van der Waals surface area contributed by atoms with Gasteiger partial charge in [-0.15, -0.1) is 11.3 Å². The molecule has 0 bridgehead atoms. The molecule has 0 saturated carbocycles. The van der Waals surface area contributed by atoms with E-state index in [0.29, 0.717) is 18.1 Å². The van der Waals surface area contributed by atoms with E-state index in [1.54, 1.807) is 11.3 Å². The van der Waals surface area contributed by atoms with Crippen LogP contribution in [0.15, 0.2) is 12.1 Å². The summed E-state index contributed by atoms with van der Waals surface area (Å²) in [7, 11) is 0. The number of piperazine rings is 1. The molecule has 1 aromatic heterocycles. The Balaban J connectivity index is 2.08. The summed E-state index contributed by atoms with van der Waals surface area (Å²) in [5.41, 5.74) is 0. The summed E-state index contributed by atoms with van der Waals surface area (Å²) in [6, 6.07) is 5.96. The van der Waals surface area contributed by atoms with Gasteiger partial charge in [-0.1, -0.05) is 31.9 Å². The Kier molecular flexibility index (Phi) is 5.70. The minimum atomic E-state index is 0.476. The van der Waals surface area contributed by atoms with Crippen LogP contribution in [-0.2, 0) is 0 Å². The number of hydrogen-bond donors (Lipinski definition) is 1. The number of halogens is 1. The van der Waals surface area contributed by atoms with E-state index < -0.39 is 0 Å². The fourth-order valence-electron chi connectivity index (χ4n) is 3.00. The van der Waals surface area contributed by atoms with E-state index in [2.05, 4.69) is 37.1 Å². The highest BCUT2D eigenvalue weighted by Gasteiger charge is 2.30. The molecule has 0 spiro atoms. The molecule has 1 aliphatic heterocycles. The van der Waals surface area contributed by atoms with Crippen LogP contribution in [0.3, 0.4) is 0 Å². The lowest BCUT2D eigenvalue weighted by molar-refractivity contribution is 0.0850. The first-order valence-corrected chi connectivity index (χ1v) is 8.59. The summed E-state index contributed by atoms with van der Waals surface area (Å²) < 4.78 is 0.898. The minimum Gasteiger partial charge on any atom is -0.311 e. The monoisotopic (exact) mass is 300 g/mol. The van der Waals surface area contributed by atoms with E-state index in [1.165, 1.54) is 24.1 Å². The lowest BCUT2D eigenvalue weighted by Gasteiger charge is -2.43. The van der Waals surface area contributed by atoms with Crippen molar-refractivity contribution in [3.05, 3.63) is 21.3 Å². The molecule has 1 N–H and O–H groups in total. The molecule has 1 aromatic rings. The van der Waals surface area contributed by atoms with Gasteiger partial charge < -0.3 is 5.32 Å². The Morgan fingerprint density at radius 3 is 2.84 bits per heavy atom. The highest BCUT2D eigenvalue weighted by molar-refractivity contribution is 7.16. The molecular weight excluding hydrogens is 276 g/mol. The van der Waals surface area contributed by atoms with E-state index in [-0.39, 0.29) is 0 Å². The van der Waals surface area contributed by atoms with Gasteiger partial charge in [0.1, 0.15) is 0 Å². The molecule has 1 saturated heterocycles. The molecule has 1 aliphatic rings. The van der Waals surface area contributed by atoms with Crippen LogP contribution in [-0.4, -0.2) is 30.1 Å². The Morgan fingerprint density at radius 2 is 2.26 bits per heavy atom. The smallest absolute Gasteiger partial charge is 0.0931 e. The first kappa shape index (κ1) is 15.3. The molecule has 3 atom stereocenters. The molecule has 2 nitrogen and oxygen atoms in total. The summed E-state index contributed by atoms with van der Waals surface area (Å²) in [5, 5.41) is 3.70. The SMILES string of the molecule is CCCC1CN(C(C)c2ccc(Cl)s2)C(CC)CN1. The molecule has 2 heterocycles. The van der Waals surface area contributed by atoms with Gasteiger partial charge in [0.25, 0.3) is 0 Å². The van der Waals surface area contributed by atoms with Gasteiger partial charge >= 0.3 is 0 Å². The molecule has 108 valence electrons. The average Bonchev–Trinajstić information content (AvgIpc) is 2.85. The Labute approximate surface area is 126 Å². The first-order valence-electron chi connectivity index (χ1n) is 7.40. The second-order valence-corrected chi connectivity index (χ2v) is 7.22. The maximum absolute atomic E-state index is 6.08. The summed E-state index contributed by atoms with van der Waals surface area (Å²) in [6.45, 7) is 9.14. The standard InChI is InChI=1S/C15H25ClN2S/c1-4-6-12-10-18(13(5-2)9-17-12)11(3)14-7-8-15(16)19-14/h7-8,11-13,17H,4-6,9-10H2,1-3H3. The molecule has 3 unspecified atom stereocenters. The van der Waals surface area contributed by atoms with Crippen LogP contribution in [0.2, 0.25) is 4.34 Å². The van der Waals surface area contributed by atoms with Crippen molar-refractivity contribution >= 4 is 22.9 Å². The topological polar surface area (TPSA) is 15.3 Å². The molecule has 1 fully saturated rings. The molecule has 2 rings (SSSR count). The van der Waals surface area contributed by atoms with E-state index in [9.17, 15) is 0 Å². The molecule has 0 aliphatic carbocycles. The number of rotatable bonds is 5. The van der Waals surface area contributed by atoms with Crippen LogP contribution in [0.1, 0.15) is 51.0 Å². The van der Waals surface area contributed by atoms with Crippen LogP contribution < -0.4 is 5.32 Å². The van der Waals surface area contributed by atoms with Crippen molar-refractivity contribution in [2.24, 2.45) is 0 Å². The van der Waals surface area contributed by atoms with Crippen molar-refractivity contribution < 1.29 is 0 Å². The predicted molar refractivity (Wildman–Crippen MR) is 85.2 cm³/mol. The van der Waals surface area contributed by atoms with Gasteiger partial charge in [0, 0.05) is 36.1 Å². The second kappa shape index (κ2) is 7.07. The summed E-state index contributed by atoms with van der Waals surface area (Å²) in [4.78, 5) is 4.06. The average molecular weight is 301 g/mol. The number of nitrogens with zero attached hydrogens (tertiary/aromatic N) is 1. The van der Waals surface area contributed by atoms with Crippen molar-refractivity contribution in [2.45, 2.75) is 58.2 Å². The van der Waals surface area contributed by atoms with Crippen LogP contribution in [0, 0.1) is 0 Å². The number of nitrogens with one attached hydrogen (secondary N) is 1. The molecule has 0 amide bonds. The van der Waals surface area contributed by atoms with E-state index in [0.717, 1.165) is 17.4 Å². The fourth-order valence-corrected chi connectivity index (χ4v) is 4.13. The largest absolute Gasteiger partial charge is 0.311 e. The van der Waals surface area contributed by atoms with Crippen LogP contribution in [0.4, 0.5) is 0 Å². The van der Waals surface area contributed by atoms with Crippen LogP contribution in [0.5, 0.6) is 0 Å². The lowest BCUT2D eigenvalue weighted by Crippen LogP contribution is -2.56. The van der Waals surface area contributed by atoms with Crippen molar-refractivity contribution in [3.63, 3.8) is 0 Å². The Hall–Kier alpha value is -0.0900. The van der Waals surface area contributed by atoms with Gasteiger partial charge in [-0.25, -0.2) is 0 Å². The Bertz CT molecular complexity index is 393. The lowest BCUT2D eigenvalue weighted by atomic mass is 10.0. The minimum absolute atomic E-state index is 0.476. The third kappa shape index (κ3) is 3.72. The van der Waals surface area contributed by atoms with Crippen molar-refractivity contribution in [3.8, 4) is 0 Å². The molecule has 0 radical (unpaired) electrons. The zero-order valence-corrected chi connectivity index (χ0v) is 13.7. The van der Waals surface area contributed by atoms with Crippen LogP contribution in [0.25, 0.3) is 0 Å². The van der Waals surface area contributed by atoms with Crippen molar-refractivity contribution in [1.82, 2.24) is 10.2 Å². The van der Waals surface area contributed by atoms with Gasteiger partial charge in [0.2, 0.25) is 0 Å². The zero-order chi connectivity index (χ0) is 13.8. The number of hydrogen-bond acceptors (Lipinski definition) is 3. The Morgan fingerprint density at radius 1 is 1.47 bits per heavy atom. The third-order valence-corrected chi connectivity index (χ3v) is 5.56. The van der Waals surface area contributed by atoms with Crippen LogP contribution >= 0.6 is 22.9 Å². The highest BCUT2D eigenvalue weighted by atomic mass is 35.5. The maximum atomic E-state index is 6.08. The zero-order valence-electron chi connectivity index (χ0n) is 12.2. The van der Waals surface area contributed by atoms with Gasteiger partial charge in [0.05, 0.1) is 4.34 Å². The summed E-state index contributed by atoms with van der Waals surface area (Å²) >= 11 is 7.80. The fraction of sp³-hybridized carbons (Fsp3) is 0.733. The van der Waals surface area contributed by atoms with Gasteiger partial charge in [-0.2, -0.15) is 0 Å². The first-order chi connectivity index (χ1) is 9.15. The highest BCUT2D eigenvalue weighted by Crippen LogP contribution is 2.32.